The van der Waals surface area contributed by atoms with Crippen LogP contribution in [-0.2, 0) is 0 Å². The SMILES string of the molecule is O=C(c1ccccc1)c1c(/C=C/c2ccc(Br)cc2)nc2ccccc2c1/C=C/c1ccccc1. The van der Waals surface area contributed by atoms with Crippen molar-refractivity contribution in [1.82, 2.24) is 4.98 Å². The summed E-state index contributed by atoms with van der Waals surface area (Å²) in [6.45, 7) is 0. The number of hydrogen-bond donors (Lipinski definition) is 0. The Morgan fingerprint density at radius 1 is 0.629 bits per heavy atom. The van der Waals surface area contributed by atoms with Gasteiger partial charge in [0.05, 0.1) is 16.8 Å². The van der Waals surface area contributed by atoms with Crippen molar-refractivity contribution in [1.29, 1.82) is 0 Å². The Hall–Kier alpha value is -4.08. The Morgan fingerprint density at radius 2 is 1.23 bits per heavy atom. The zero-order valence-electron chi connectivity index (χ0n) is 18.9. The van der Waals surface area contributed by atoms with Crippen molar-refractivity contribution < 1.29 is 4.79 Å². The normalized spacial score (nSPS) is 11.5. The van der Waals surface area contributed by atoms with Gasteiger partial charge in [-0.2, -0.15) is 0 Å². The Morgan fingerprint density at radius 3 is 1.97 bits per heavy atom. The standard InChI is InChI=1S/C32H22BrNO/c33-26-19-15-24(16-20-26)18-22-30-31(32(35)25-11-5-2-6-12-25)28(21-17-23-9-3-1-4-10-23)27-13-7-8-14-29(27)34-30/h1-22H/b21-17+,22-18+. The van der Waals surface area contributed by atoms with E-state index in [2.05, 4.69) is 15.9 Å². The van der Waals surface area contributed by atoms with Gasteiger partial charge in [0.25, 0.3) is 0 Å². The minimum Gasteiger partial charge on any atom is -0.289 e. The van der Waals surface area contributed by atoms with Gasteiger partial charge in [-0.15, -0.1) is 0 Å². The van der Waals surface area contributed by atoms with Gasteiger partial charge >= 0.3 is 0 Å². The van der Waals surface area contributed by atoms with Crippen LogP contribution >= 0.6 is 15.9 Å². The molecule has 5 rings (SSSR count). The summed E-state index contributed by atoms with van der Waals surface area (Å²) < 4.78 is 1.02. The van der Waals surface area contributed by atoms with Crippen LogP contribution in [0.3, 0.4) is 0 Å². The topological polar surface area (TPSA) is 30.0 Å². The van der Waals surface area contributed by atoms with Crippen LogP contribution in [0.15, 0.2) is 114 Å². The van der Waals surface area contributed by atoms with Crippen molar-refractivity contribution >= 4 is 56.9 Å². The predicted molar refractivity (Wildman–Crippen MR) is 150 cm³/mol. The van der Waals surface area contributed by atoms with Gasteiger partial charge in [-0.05, 0) is 41.0 Å². The van der Waals surface area contributed by atoms with Crippen molar-refractivity contribution in [2.24, 2.45) is 0 Å². The Balaban J connectivity index is 1.73. The molecule has 0 saturated heterocycles. The van der Waals surface area contributed by atoms with Crippen LogP contribution in [0.2, 0.25) is 0 Å². The highest BCUT2D eigenvalue weighted by Gasteiger charge is 2.20. The first kappa shape index (κ1) is 22.7. The van der Waals surface area contributed by atoms with Gasteiger partial charge in [-0.25, -0.2) is 4.98 Å². The Kier molecular flexibility index (Phi) is 6.78. The van der Waals surface area contributed by atoms with Gasteiger partial charge in [0, 0.05) is 15.4 Å². The molecule has 0 saturated carbocycles. The summed E-state index contributed by atoms with van der Waals surface area (Å²) in [5, 5.41) is 0.944. The molecule has 0 aliphatic carbocycles. The van der Waals surface area contributed by atoms with Gasteiger partial charge in [0.1, 0.15) is 0 Å². The molecule has 0 aliphatic rings. The molecule has 0 unspecified atom stereocenters. The molecule has 0 atom stereocenters. The maximum atomic E-state index is 13.9. The van der Waals surface area contributed by atoms with Crippen molar-refractivity contribution in [3.05, 3.63) is 147 Å². The molecular weight excluding hydrogens is 494 g/mol. The lowest BCUT2D eigenvalue weighted by Crippen LogP contribution is -2.08. The van der Waals surface area contributed by atoms with Gasteiger partial charge in [0.2, 0.25) is 0 Å². The van der Waals surface area contributed by atoms with Gasteiger partial charge in [0.15, 0.2) is 5.78 Å². The quantitative estimate of drug-likeness (QED) is 0.212. The molecule has 0 radical (unpaired) electrons. The summed E-state index contributed by atoms with van der Waals surface area (Å²) in [4.78, 5) is 18.8. The summed E-state index contributed by atoms with van der Waals surface area (Å²) in [6.07, 6.45) is 8.01. The molecule has 0 bridgehead atoms. The number of rotatable bonds is 6. The second-order valence-electron chi connectivity index (χ2n) is 8.13. The molecule has 0 spiro atoms. The lowest BCUT2D eigenvalue weighted by Gasteiger charge is -2.13. The fourth-order valence-corrected chi connectivity index (χ4v) is 4.28. The van der Waals surface area contributed by atoms with Gasteiger partial charge in [-0.1, -0.05) is 125 Å². The fourth-order valence-electron chi connectivity index (χ4n) is 4.02. The number of hydrogen-bond acceptors (Lipinski definition) is 2. The third-order valence-corrected chi connectivity index (χ3v) is 6.30. The molecule has 1 heterocycles. The first-order valence-corrected chi connectivity index (χ1v) is 12.2. The fraction of sp³-hybridized carbons (Fsp3) is 0. The van der Waals surface area contributed by atoms with E-state index in [1.807, 2.05) is 133 Å². The zero-order chi connectivity index (χ0) is 24.0. The number of nitrogens with zero attached hydrogens (tertiary/aromatic N) is 1. The molecule has 0 fully saturated rings. The first-order valence-electron chi connectivity index (χ1n) is 11.4. The molecule has 35 heavy (non-hydrogen) atoms. The van der Waals surface area contributed by atoms with Crippen LogP contribution in [-0.4, -0.2) is 10.8 Å². The van der Waals surface area contributed by atoms with E-state index < -0.39 is 0 Å². The minimum atomic E-state index is -0.0491. The average Bonchev–Trinajstić information content (AvgIpc) is 2.92. The third-order valence-electron chi connectivity index (χ3n) is 5.77. The molecule has 3 heteroatoms. The minimum absolute atomic E-state index is 0.0491. The summed E-state index contributed by atoms with van der Waals surface area (Å²) in [5.41, 5.74) is 5.69. The highest BCUT2D eigenvalue weighted by molar-refractivity contribution is 9.10. The second-order valence-corrected chi connectivity index (χ2v) is 9.04. The number of carbonyl (C=O) groups excluding carboxylic acids is 1. The highest BCUT2D eigenvalue weighted by Crippen LogP contribution is 2.29. The summed E-state index contributed by atoms with van der Waals surface area (Å²) in [5.74, 6) is -0.0491. The smallest absolute Gasteiger partial charge is 0.195 e. The number of ketones is 1. The van der Waals surface area contributed by atoms with Crippen LogP contribution in [0.4, 0.5) is 0 Å². The first-order chi connectivity index (χ1) is 17.2. The lowest BCUT2D eigenvalue weighted by molar-refractivity contribution is 0.103. The number of fused-ring (bicyclic) bond motifs is 1. The van der Waals surface area contributed by atoms with Gasteiger partial charge < -0.3 is 0 Å². The number of aromatic nitrogens is 1. The van der Waals surface area contributed by atoms with E-state index >= 15 is 0 Å². The van der Waals surface area contributed by atoms with Gasteiger partial charge in [-0.3, -0.25) is 4.79 Å². The van der Waals surface area contributed by atoms with Crippen LogP contribution in [0.1, 0.15) is 38.3 Å². The van der Waals surface area contributed by atoms with Crippen molar-refractivity contribution in [2.45, 2.75) is 0 Å². The van der Waals surface area contributed by atoms with Crippen molar-refractivity contribution in [2.75, 3.05) is 0 Å². The molecule has 0 N–H and O–H groups in total. The molecule has 1 aromatic heterocycles. The molecule has 4 aromatic carbocycles. The lowest BCUT2D eigenvalue weighted by atomic mass is 9.92. The third kappa shape index (κ3) is 5.21. The molecule has 0 aliphatic heterocycles. The number of carbonyl (C=O) groups is 1. The van der Waals surface area contributed by atoms with E-state index in [1.165, 1.54) is 0 Å². The number of halogens is 1. The number of benzene rings is 4. The van der Waals surface area contributed by atoms with Crippen molar-refractivity contribution in [3.63, 3.8) is 0 Å². The summed E-state index contributed by atoms with van der Waals surface area (Å²) in [7, 11) is 0. The molecule has 5 aromatic rings. The Bertz CT molecular complexity index is 1540. The number of para-hydroxylation sites is 1. The second kappa shape index (κ2) is 10.5. The van der Waals surface area contributed by atoms with E-state index in [-0.39, 0.29) is 5.78 Å². The molecule has 0 amide bonds. The summed E-state index contributed by atoms with van der Waals surface area (Å²) >= 11 is 3.48. The molecule has 168 valence electrons. The monoisotopic (exact) mass is 515 g/mol. The van der Waals surface area contributed by atoms with Crippen LogP contribution in [0.25, 0.3) is 35.2 Å². The van der Waals surface area contributed by atoms with Crippen molar-refractivity contribution in [3.8, 4) is 0 Å². The van der Waals surface area contributed by atoms with Crippen LogP contribution < -0.4 is 0 Å². The maximum absolute atomic E-state index is 13.9. The summed E-state index contributed by atoms with van der Waals surface area (Å²) in [6, 6.07) is 35.5. The predicted octanol–water partition coefficient (Wildman–Crippen LogP) is 8.57. The van der Waals surface area contributed by atoms with E-state index in [9.17, 15) is 4.79 Å². The van der Waals surface area contributed by atoms with E-state index in [0.717, 1.165) is 32.1 Å². The maximum Gasteiger partial charge on any atom is 0.195 e. The average molecular weight is 516 g/mol. The molecular formula is C32H22BrNO. The highest BCUT2D eigenvalue weighted by atomic mass is 79.9. The van der Waals surface area contributed by atoms with E-state index in [4.69, 9.17) is 4.98 Å². The van der Waals surface area contributed by atoms with Crippen LogP contribution in [0, 0.1) is 0 Å². The Labute approximate surface area is 213 Å². The van der Waals surface area contributed by atoms with Crippen LogP contribution in [0.5, 0.6) is 0 Å². The van der Waals surface area contributed by atoms with E-state index in [1.54, 1.807) is 0 Å². The van der Waals surface area contributed by atoms with E-state index in [0.29, 0.717) is 16.8 Å². The molecule has 2 nitrogen and oxygen atoms in total. The largest absolute Gasteiger partial charge is 0.289 e. The zero-order valence-corrected chi connectivity index (χ0v) is 20.5. The number of pyridine rings is 1.